The third kappa shape index (κ3) is 4.72. The monoisotopic (exact) mass is 218 g/mol. The minimum atomic E-state index is -4.79. The summed E-state index contributed by atoms with van der Waals surface area (Å²) in [6, 6.07) is 3.56. The van der Waals surface area contributed by atoms with E-state index in [4.69, 9.17) is 0 Å². The molecule has 1 N–H and O–H groups in total. The van der Waals surface area contributed by atoms with Crippen LogP contribution in [0.2, 0.25) is 0 Å². The molecule has 15 heavy (non-hydrogen) atoms. The Labute approximate surface area is 87.2 Å². The van der Waals surface area contributed by atoms with E-state index in [0.29, 0.717) is 5.69 Å². The number of rotatable bonds is 4. The van der Waals surface area contributed by atoms with Crippen LogP contribution in [0.15, 0.2) is 24.5 Å². The molecule has 0 saturated carbocycles. The molecule has 0 unspecified atom stereocenters. The lowest BCUT2D eigenvalue weighted by Gasteiger charge is -2.11. The van der Waals surface area contributed by atoms with Gasteiger partial charge in [0.05, 0.1) is 5.69 Å². The number of pyridine rings is 1. The fraction of sp³-hybridized carbons (Fsp3) is 0.444. The maximum absolute atomic E-state index is 12.2. The molecule has 1 rings (SSSR count). The fourth-order valence-corrected chi connectivity index (χ4v) is 1.29. The van der Waals surface area contributed by atoms with Crippen LogP contribution in [0.4, 0.5) is 18.6 Å². The maximum Gasteiger partial charge on any atom is 0.542 e. The van der Waals surface area contributed by atoms with Crippen molar-refractivity contribution in [1.82, 2.24) is 0 Å². The Hall–Kier alpha value is -1.20. The molecule has 6 heteroatoms. The summed E-state index contributed by atoms with van der Waals surface area (Å²) >= 11 is 0. The molecule has 1 heterocycles. The Morgan fingerprint density at radius 3 is 2.60 bits per heavy atom. The molecular formula is C9H14BF3N2. The topological polar surface area (TPSA) is 15.9 Å². The molecule has 0 bridgehead atoms. The minimum absolute atomic E-state index is 0.206. The summed E-state index contributed by atoms with van der Waals surface area (Å²) in [5.74, 6) is 0. The SMILES string of the molecule is CC(C)Nc1ccc[n+](C[B-](F)(F)F)c1. The van der Waals surface area contributed by atoms with Crippen molar-refractivity contribution in [2.24, 2.45) is 0 Å². The Morgan fingerprint density at radius 1 is 1.40 bits per heavy atom. The first kappa shape index (κ1) is 11.9. The normalized spacial score (nSPS) is 11.9. The first-order chi connectivity index (χ1) is 6.87. The minimum Gasteiger partial charge on any atom is -0.445 e. The van der Waals surface area contributed by atoms with Crippen molar-refractivity contribution in [1.29, 1.82) is 0 Å². The Kier molecular flexibility index (Phi) is 3.60. The summed E-state index contributed by atoms with van der Waals surface area (Å²) in [5, 5.41) is 3.05. The Bertz CT molecular complexity index is 325. The van der Waals surface area contributed by atoms with Crippen molar-refractivity contribution in [2.75, 3.05) is 5.32 Å². The summed E-state index contributed by atoms with van der Waals surface area (Å²) < 4.78 is 37.6. The first-order valence-corrected chi connectivity index (χ1v) is 4.83. The van der Waals surface area contributed by atoms with Gasteiger partial charge in [0.1, 0.15) is 6.44 Å². The zero-order valence-corrected chi connectivity index (χ0v) is 8.75. The molecule has 2 nitrogen and oxygen atoms in total. The summed E-state index contributed by atoms with van der Waals surface area (Å²) in [6.45, 7) is -0.914. The molecule has 1 aromatic heterocycles. The van der Waals surface area contributed by atoms with E-state index in [1.165, 1.54) is 12.4 Å². The van der Waals surface area contributed by atoms with Crippen LogP contribution in [-0.2, 0) is 6.44 Å². The molecule has 0 spiro atoms. The molecule has 0 aliphatic rings. The van der Waals surface area contributed by atoms with E-state index < -0.39 is 13.4 Å². The summed E-state index contributed by atoms with van der Waals surface area (Å²) in [7, 11) is 0. The number of halogens is 3. The van der Waals surface area contributed by atoms with Crippen LogP contribution >= 0.6 is 0 Å². The van der Waals surface area contributed by atoms with Gasteiger partial charge < -0.3 is 18.3 Å². The lowest BCUT2D eigenvalue weighted by molar-refractivity contribution is -0.683. The summed E-state index contributed by atoms with van der Waals surface area (Å²) in [6.07, 6.45) is 1.99. The first-order valence-electron chi connectivity index (χ1n) is 4.83. The van der Waals surface area contributed by atoms with E-state index in [-0.39, 0.29) is 6.04 Å². The van der Waals surface area contributed by atoms with E-state index in [1.807, 2.05) is 13.8 Å². The number of anilines is 1. The maximum atomic E-state index is 12.2. The van der Waals surface area contributed by atoms with Crippen LogP contribution in [0.3, 0.4) is 0 Å². The largest absolute Gasteiger partial charge is 0.542 e. The zero-order valence-electron chi connectivity index (χ0n) is 8.75. The van der Waals surface area contributed by atoms with Gasteiger partial charge in [-0.25, -0.2) is 4.57 Å². The van der Waals surface area contributed by atoms with Gasteiger partial charge in [-0.3, -0.25) is 0 Å². The van der Waals surface area contributed by atoms with Crippen molar-refractivity contribution >= 4 is 12.7 Å². The van der Waals surface area contributed by atoms with Crippen LogP contribution in [0, 0.1) is 0 Å². The van der Waals surface area contributed by atoms with Crippen LogP contribution < -0.4 is 9.88 Å². The second-order valence-electron chi connectivity index (χ2n) is 3.80. The number of hydrogen-bond donors (Lipinski definition) is 1. The van der Waals surface area contributed by atoms with Crippen molar-refractivity contribution in [3.05, 3.63) is 24.5 Å². The van der Waals surface area contributed by atoms with E-state index in [2.05, 4.69) is 5.32 Å². The van der Waals surface area contributed by atoms with E-state index in [9.17, 15) is 12.9 Å². The van der Waals surface area contributed by atoms with Gasteiger partial charge in [-0.2, -0.15) is 0 Å². The van der Waals surface area contributed by atoms with Gasteiger partial charge in [0, 0.05) is 12.1 Å². The second kappa shape index (κ2) is 4.55. The molecule has 0 aliphatic heterocycles. The molecule has 0 atom stereocenters. The zero-order chi connectivity index (χ0) is 11.5. The smallest absolute Gasteiger partial charge is 0.445 e. The van der Waals surface area contributed by atoms with Crippen LogP contribution in [0.1, 0.15) is 13.8 Å². The molecule has 0 saturated heterocycles. The van der Waals surface area contributed by atoms with Crippen LogP contribution in [0.25, 0.3) is 0 Å². The van der Waals surface area contributed by atoms with Gasteiger partial charge in [-0.15, -0.1) is 0 Å². The second-order valence-corrected chi connectivity index (χ2v) is 3.80. The highest BCUT2D eigenvalue weighted by molar-refractivity contribution is 6.56. The molecule has 0 amide bonds. The van der Waals surface area contributed by atoms with E-state index in [1.54, 1.807) is 12.1 Å². The Morgan fingerprint density at radius 2 is 2.07 bits per heavy atom. The number of nitrogens with zero attached hydrogens (tertiary/aromatic N) is 1. The molecule has 0 aromatic carbocycles. The predicted molar refractivity (Wildman–Crippen MR) is 54.5 cm³/mol. The highest BCUT2D eigenvalue weighted by Crippen LogP contribution is 2.09. The highest BCUT2D eigenvalue weighted by Gasteiger charge is 2.29. The predicted octanol–water partition coefficient (Wildman–Crippen LogP) is 2.18. The summed E-state index contributed by atoms with van der Waals surface area (Å²) in [4.78, 5) is 0. The van der Waals surface area contributed by atoms with Gasteiger partial charge in [-0.1, -0.05) is 0 Å². The molecule has 0 aliphatic carbocycles. The lowest BCUT2D eigenvalue weighted by atomic mass is 9.92. The van der Waals surface area contributed by atoms with Gasteiger partial charge in [-0.05, 0) is 19.9 Å². The van der Waals surface area contributed by atoms with Crippen molar-refractivity contribution in [3.63, 3.8) is 0 Å². The molecule has 1 aromatic rings. The summed E-state index contributed by atoms with van der Waals surface area (Å²) in [5.41, 5.74) is 0.701. The quantitative estimate of drug-likeness (QED) is 0.604. The standard InChI is InChI=1S/C9H14BF3N2/c1-8(2)14-9-4-3-5-15(6-9)7-10(11,12)13/h3-6,8,14H,7H2,1-2H3. The number of nitrogens with one attached hydrogen (secondary N) is 1. The van der Waals surface area contributed by atoms with E-state index >= 15 is 0 Å². The van der Waals surface area contributed by atoms with Crippen LogP contribution in [-0.4, -0.2) is 13.0 Å². The van der Waals surface area contributed by atoms with Gasteiger partial charge in [0.25, 0.3) is 0 Å². The number of hydrogen-bond acceptors (Lipinski definition) is 1. The van der Waals surface area contributed by atoms with Crippen molar-refractivity contribution in [2.45, 2.75) is 26.3 Å². The third-order valence-corrected chi connectivity index (χ3v) is 1.73. The van der Waals surface area contributed by atoms with E-state index in [0.717, 1.165) is 4.57 Å². The molecular weight excluding hydrogens is 204 g/mol. The van der Waals surface area contributed by atoms with Gasteiger partial charge >= 0.3 is 6.98 Å². The van der Waals surface area contributed by atoms with Crippen LogP contribution in [0.5, 0.6) is 0 Å². The fourth-order valence-electron chi connectivity index (χ4n) is 1.29. The van der Waals surface area contributed by atoms with Crippen molar-refractivity contribution in [3.8, 4) is 0 Å². The number of aromatic nitrogens is 1. The lowest BCUT2D eigenvalue weighted by Crippen LogP contribution is -2.44. The molecule has 0 fully saturated rings. The van der Waals surface area contributed by atoms with Gasteiger partial charge in [0.15, 0.2) is 12.4 Å². The average Bonchev–Trinajstić information content (AvgIpc) is 1.99. The third-order valence-electron chi connectivity index (χ3n) is 1.73. The van der Waals surface area contributed by atoms with Crippen molar-refractivity contribution < 1.29 is 17.5 Å². The van der Waals surface area contributed by atoms with Gasteiger partial charge in [0.2, 0.25) is 0 Å². The highest BCUT2D eigenvalue weighted by atomic mass is 19.4. The molecule has 0 radical (unpaired) electrons. The Balaban J connectivity index is 2.74. The molecule has 84 valence electrons. The average molecular weight is 218 g/mol.